The molecule has 0 atom stereocenters. The molecule has 1 saturated heterocycles. The fraction of sp³-hybridized carbons (Fsp3) is 0.316. The van der Waals surface area contributed by atoms with Crippen molar-refractivity contribution < 1.29 is 23.4 Å². The second kappa shape index (κ2) is 8.58. The third kappa shape index (κ3) is 5.00. The zero-order valence-electron chi connectivity index (χ0n) is 14.3. The second-order valence-corrected chi connectivity index (χ2v) is 7.06. The third-order valence-corrected chi connectivity index (χ3v) is 4.92. The van der Waals surface area contributed by atoms with Crippen molar-refractivity contribution in [2.75, 3.05) is 38.0 Å². The van der Waals surface area contributed by atoms with E-state index in [-0.39, 0.29) is 18.1 Å². The molecule has 2 aromatic carbocycles. The van der Waals surface area contributed by atoms with Gasteiger partial charge in [-0.2, -0.15) is 0 Å². The normalized spacial score (nSPS) is 20.0. The molecule has 1 aliphatic rings. The highest BCUT2D eigenvalue weighted by molar-refractivity contribution is 6.30. The summed E-state index contributed by atoms with van der Waals surface area (Å²) in [4.78, 5) is 14.7. The van der Waals surface area contributed by atoms with E-state index in [0.29, 0.717) is 0 Å². The van der Waals surface area contributed by atoms with Crippen LogP contribution in [0.5, 0.6) is 0 Å². The number of rotatable bonds is 5. The summed E-state index contributed by atoms with van der Waals surface area (Å²) in [5, 5.41) is 3.08. The second-order valence-electron chi connectivity index (χ2n) is 6.62. The molecule has 0 aromatic heterocycles. The van der Waals surface area contributed by atoms with Crippen molar-refractivity contribution in [2.45, 2.75) is 6.54 Å². The summed E-state index contributed by atoms with van der Waals surface area (Å²) in [6.07, 6.45) is 0. The topological polar surface area (TPSA) is 38.0 Å². The Balaban J connectivity index is 1.46. The van der Waals surface area contributed by atoms with E-state index in [2.05, 4.69) is 5.32 Å². The van der Waals surface area contributed by atoms with Crippen LogP contribution in [0.15, 0.2) is 42.5 Å². The SMILES string of the molecule is O=C(C[NH+]1CC[NH+](Cc2ccc(Cl)cc2)CC1)Nc1c(F)cccc1F. The average molecular weight is 382 g/mol. The molecule has 1 fully saturated rings. The maximum Gasteiger partial charge on any atom is 0.279 e. The molecule has 1 heterocycles. The van der Waals surface area contributed by atoms with Crippen molar-refractivity contribution in [3.8, 4) is 0 Å². The van der Waals surface area contributed by atoms with E-state index in [1.165, 1.54) is 16.5 Å². The maximum absolute atomic E-state index is 13.6. The van der Waals surface area contributed by atoms with Crippen LogP contribution in [-0.4, -0.2) is 38.6 Å². The van der Waals surface area contributed by atoms with Gasteiger partial charge in [-0.1, -0.05) is 29.8 Å². The Labute approximate surface area is 156 Å². The Morgan fingerprint density at radius 3 is 2.15 bits per heavy atom. The number of hydrogen-bond acceptors (Lipinski definition) is 1. The van der Waals surface area contributed by atoms with Gasteiger partial charge < -0.3 is 15.1 Å². The van der Waals surface area contributed by atoms with Gasteiger partial charge in [-0.15, -0.1) is 0 Å². The van der Waals surface area contributed by atoms with Crippen LogP contribution in [0.25, 0.3) is 0 Å². The first kappa shape index (κ1) is 18.8. The molecule has 0 bridgehead atoms. The van der Waals surface area contributed by atoms with Gasteiger partial charge in [0.05, 0.1) is 0 Å². The predicted molar refractivity (Wildman–Crippen MR) is 96.4 cm³/mol. The first-order valence-corrected chi connectivity index (χ1v) is 9.04. The Kier molecular flexibility index (Phi) is 6.19. The lowest BCUT2D eigenvalue weighted by molar-refractivity contribution is -1.02. The van der Waals surface area contributed by atoms with Gasteiger partial charge in [-0.05, 0) is 24.3 Å². The van der Waals surface area contributed by atoms with Crippen LogP contribution in [0.1, 0.15) is 5.56 Å². The Morgan fingerprint density at radius 1 is 0.962 bits per heavy atom. The Bertz CT molecular complexity index is 742. The summed E-state index contributed by atoms with van der Waals surface area (Å²) in [6, 6.07) is 11.4. The lowest BCUT2D eigenvalue weighted by atomic mass is 10.2. The molecule has 7 heteroatoms. The zero-order chi connectivity index (χ0) is 18.5. The summed E-state index contributed by atoms with van der Waals surface area (Å²) < 4.78 is 27.2. The van der Waals surface area contributed by atoms with Crippen LogP contribution < -0.4 is 15.1 Å². The van der Waals surface area contributed by atoms with Gasteiger partial charge in [0.15, 0.2) is 6.54 Å². The minimum atomic E-state index is -0.759. The molecule has 0 saturated carbocycles. The minimum Gasteiger partial charge on any atom is -0.322 e. The third-order valence-electron chi connectivity index (χ3n) is 4.67. The maximum atomic E-state index is 13.6. The number of anilines is 1. The van der Waals surface area contributed by atoms with Crippen molar-refractivity contribution >= 4 is 23.2 Å². The smallest absolute Gasteiger partial charge is 0.279 e. The van der Waals surface area contributed by atoms with Crippen LogP contribution in [0, 0.1) is 11.6 Å². The van der Waals surface area contributed by atoms with Gasteiger partial charge in [-0.25, -0.2) is 8.78 Å². The van der Waals surface area contributed by atoms with Crippen molar-refractivity contribution in [1.82, 2.24) is 0 Å². The quantitative estimate of drug-likeness (QED) is 0.695. The summed E-state index contributed by atoms with van der Waals surface area (Å²) in [5.41, 5.74) is 0.865. The van der Waals surface area contributed by atoms with Crippen molar-refractivity contribution in [3.63, 3.8) is 0 Å². The Hall–Kier alpha value is -2.02. The number of halogens is 3. The molecule has 0 spiro atoms. The van der Waals surface area contributed by atoms with E-state index >= 15 is 0 Å². The van der Waals surface area contributed by atoms with Gasteiger partial charge in [0, 0.05) is 10.6 Å². The van der Waals surface area contributed by atoms with Crippen LogP contribution in [0.2, 0.25) is 5.02 Å². The van der Waals surface area contributed by atoms with Crippen molar-refractivity contribution in [2.24, 2.45) is 0 Å². The summed E-state index contributed by atoms with van der Waals surface area (Å²) >= 11 is 5.90. The number of benzene rings is 2. The molecule has 1 amide bonds. The van der Waals surface area contributed by atoms with E-state index in [0.717, 1.165) is 54.8 Å². The molecule has 4 nitrogen and oxygen atoms in total. The predicted octanol–water partition coefficient (Wildman–Crippen LogP) is 0.540. The van der Waals surface area contributed by atoms with Gasteiger partial charge >= 0.3 is 0 Å². The Morgan fingerprint density at radius 2 is 1.54 bits per heavy atom. The number of carbonyl (C=O) groups excluding carboxylic acids is 1. The molecule has 3 N–H and O–H groups in total. The first-order chi connectivity index (χ1) is 12.5. The number of para-hydroxylation sites is 1. The standard InChI is InChI=1S/C19H20ClF2N3O/c20-15-6-4-14(5-7-15)12-24-8-10-25(11-9-24)13-18(26)23-19-16(21)2-1-3-17(19)22/h1-7H,8-13H2,(H,23,26)/p+2. The number of amides is 1. The number of piperazine rings is 1. The molecular weight excluding hydrogens is 360 g/mol. The molecule has 0 unspecified atom stereocenters. The average Bonchev–Trinajstić information content (AvgIpc) is 2.62. The van der Waals surface area contributed by atoms with Crippen LogP contribution in [0.3, 0.4) is 0 Å². The molecular formula is C19H22ClF2N3O+2. The first-order valence-electron chi connectivity index (χ1n) is 8.66. The summed E-state index contributed by atoms with van der Waals surface area (Å²) in [5.74, 6) is -1.89. The van der Waals surface area contributed by atoms with Crippen molar-refractivity contribution in [1.29, 1.82) is 0 Å². The van der Waals surface area contributed by atoms with Crippen LogP contribution in [0.4, 0.5) is 14.5 Å². The van der Waals surface area contributed by atoms with Gasteiger partial charge in [0.1, 0.15) is 50.0 Å². The fourth-order valence-corrected chi connectivity index (χ4v) is 3.36. The van der Waals surface area contributed by atoms with E-state index < -0.39 is 11.6 Å². The number of nitrogens with one attached hydrogen (secondary N) is 3. The largest absolute Gasteiger partial charge is 0.322 e. The van der Waals surface area contributed by atoms with Gasteiger partial charge in [0.2, 0.25) is 0 Å². The molecule has 2 aromatic rings. The molecule has 0 radical (unpaired) electrons. The summed E-state index contributed by atoms with van der Waals surface area (Å²) in [6.45, 7) is 4.71. The molecule has 3 rings (SSSR count). The molecule has 138 valence electrons. The lowest BCUT2D eigenvalue weighted by Gasteiger charge is -2.29. The highest BCUT2D eigenvalue weighted by atomic mass is 35.5. The highest BCUT2D eigenvalue weighted by Gasteiger charge is 2.25. The van der Waals surface area contributed by atoms with Gasteiger partial charge in [-0.3, -0.25) is 4.79 Å². The number of carbonyl (C=O) groups is 1. The number of quaternary nitrogens is 2. The molecule has 26 heavy (non-hydrogen) atoms. The van der Waals surface area contributed by atoms with Crippen LogP contribution in [-0.2, 0) is 11.3 Å². The molecule has 0 aliphatic carbocycles. The minimum absolute atomic E-state index is 0.210. The van der Waals surface area contributed by atoms with E-state index in [4.69, 9.17) is 11.6 Å². The van der Waals surface area contributed by atoms with Crippen LogP contribution >= 0.6 is 11.6 Å². The van der Waals surface area contributed by atoms with E-state index in [1.54, 1.807) is 0 Å². The monoisotopic (exact) mass is 381 g/mol. The van der Waals surface area contributed by atoms with Gasteiger partial charge in [0.25, 0.3) is 5.91 Å². The zero-order valence-corrected chi connectivity index (χ0v) is 15.1. The fourth-order valence-electron chi connectivity index (χ4n) is 3.23. The highest BCUT2D eigenvalue weighted by Crippen LogP contribution is 2.17. The summed E-state index contributed by atoms with van der Waals surface area (Å²) in [7, 11) is 0. The van der Waals surface area contributed by atoms with E-state index in [1.807, 2.05) is 24.3 Å². The van der Waals surface area contributed by atoms with E-state index in [9.17, 15) is 13.6 Å². The van der Waals surface area contributed by atoms with Crippen molar-refractivity contribution in [3.05, 3.63) is 64.7 Å². The number of hydrogen-bond donors (Lipinski definition) is 3. The lowest BCUT2D eigenvalue weighted by Crippen LogP contribution is -3.28. The molecule has 1 aliphatic heterocycles.